The maximum Gasteiger partial charge on any atom is 0.145 e. The van der Waals surface area contributed by atoms with E-state index >= 15 is 0 Å². The van der Waals surface area contributed by atoms with Crippen LogP contribution in [0.3, 0.4) is 0 Å². The van der Waals surface area contributed by atoms with E-state index in [-0.39, 0.29) is 6.04 Å². The zero-order valence-corrected chi connectivity index (χ0v) is 11.6. The highest BCUT2D eigenvalue weighted by Crippen LogP contribution is 2.26. The van der Waals surface area contributed by atoms with Gasteiger partial charge in [-0.25, -0.2) is 0 Å². The molecule has 1 atom stereocenters. The van der Waals surface area contributed by atoms with Crippen molar-refractivity contribution in [1.82, 2.24) is 4.98 Å². The van der Waals surface area contributed by atoms with E-state index in [1.54, 1.807) is 18.3 Å². The van der Waals surface area contributed by atoms with E-state index in [1.807, 2.05) is 32.0 Å². The molecule has 0 bridgehead atoms. The summed E-state index contributed by atoms with van der Waals surface area (Å²) in [6, 6.07) is 11.1. The highest BCUT2D eigenvalue weighted by Gasteiger charge is 2.07. The fraction of sp³-hybridized carbons (Fsp3) is 0.250. The molecule has 4 heteroatoms. The van der Waals surface area contributed by atoms with Crippen LogP contribution in [0.25, 0.3) is 0 Å². The van der Waals surface area contributed by atoms with Gasteiger partial charge in [-0.2, -0.15) is 5.26 Å². The summed E-state index contributed by atoms with van der Waals surface area (Å²) in [5, 5.41) is 8.91. The highest BCUT2D eigenvalue weighted by molar-refractivity contribution is 5.43. The maximum atomic E-state index is 8.91. The van der Waals surface area contributed by atoms with E-state index in [4.69, 9.17) is 15.7 Å². The molecular weight excluding hydrogens is 250 g/mol. The van der Waals surface area contributed by atoms with Crippen molar-refractivity contribution >= 4 is 0 Å². The summed E-state index contributed by atoms with van der Waals surface area (Å²) in [6.45, 7) is 3.96. The second-order valence-electron chi connectivity index (χ2n) is 4.63. The molecule has 1 aromatic carbocycles. The lowest BCUT2D eigenvalue weighted by Gasteiger charge is -2.11. The molecule has 0 amide bonds. The van der Waals surface area contributed by atoms with Gasteiger partial charge in [-0.15, -0.1) is 0 Å². The molecule has 2 aromatic rings. The molecular formula is C16H17N3O. The van der Waals surface area contributed by atoms with Crippen molar-refractivity contribution in [3.05, 3.63) is 53.3 Å². The number of hydrogen-bond acceptors (Lipinski definition) is 4. The molecule has 0 aliphatic heterocycles. The Labute approximate surface area is 118 Å². The Morgan fingerprint density at radius 1 is 1.35 bits per heavy atom. The van der Waals surface area contributed by atoms with Crippen LogP contribution in [0.1, 0.15) is 36.2 Å². The highest BCUT2D eigenvalue weighted by atomic mass is 16.5. The van der Waals surface area contributed by atoms with Crippen molar-refractivity contribution in [2.75, 3.05) is 0 Å². The Bertz CT molecular complexity index is 629. The minimum atomic E-state index is -0.0484. The zero-order chi connectivity index (χ0) is 14.5. The summed E-state index contributed by atoms with van der Waals surface area (Å²) in [5.74, 6) is 1.30. The van der Waals surface area contributed by atoms with Gasteiger partial charge in [0, 0.05) is 6.04 Å². The molecule has 2 N–H and O–H groups in total. The third-order valence-electron chi connectivity index (χ3n) is 3.12. The van der Waals surface area contributed by atoms with Gasteiger partial charge in [-0.05, 0) is 43.2 Å². The Hall–Kier alpha value is -2.38. The molecule has 1 aromatic heterocycles. The predicted octanol–water partition coefficient (Wildman–Crippen LogP) is 3.46. The Morgan fingerprint density at radius 3 is 2.75 bits per heavy atom. The first-order valence-corrected chi connectivity index (χ1v) is 6.54. The lowest BCUT2D eigenvalue weighted by molar-refractivity contribution is 0.475. The minimum Gasteiger partial charge on any atom is -0.455 e. The second kappa shape index (κ2) is 6.18. The first kappa shape index (κ1) is 14.0. The molecule has 102 valence electrons. The number of nitrogens with zero attached hydrogens (tertiary/aromatic N) is 2. The largest absolute Gasteiger partial charge is 0.455 e. The van der Waals surface area contributed by atoms with Crippen LogP contribution in [0.5, 0.6) is 11.5 Å². The second-order valence-corrected chi connectivity index (χ2v) is 4.63. The fourth-order valence-electron chi connectivity index (χ4n) is 1.79. The van der Waals surface area contributed by atoms with Crippen LogP contribution < -0.4 is 10.5 Å². The van der Waals surface area contributed by atoms with Gasteiger partial charge < -0.3 is 10.5 Å². The standard InChI is InChI=1S/C16H17N3O/c1-3-14(18)15-7-6-13(10-19-15)20-16-8-12(9-17)5-4-11(16)2/h4-8,10,14H,3,18H2,1-2H3/t14-/m0/s1. The Kier molecular flexibility index (Phi) is 4.34. The summed E-state index contributed by atoms with van der Waals surface area (Å²) < 4.78 is 5.77. The van der Waals surface area contributed by atoms with Crippen LogP contribution in [0.4, 0.5) is 0 Å². The average Bonchev–Trinajstić information content (AvgIpc) is 2.49. The third kappa shape index (κ3) is 3.14. The lowest BCUT2D eigenvalue weighted by atomic mass is 10.1. The van der Waals surface area contributed by atoms with Gasteiger partial charge in [0.05, 0.1) is 23.5 Å². The molecule has 4 nitrogen and oxygen atoms in total. The van der Waals surface area contributed by atoms with Crippen LogP contribution in [-0.2, 0) is 0 Å². The smallest absolute Gasteiger partial charge is 0.145 e. The van der Waals surface area contributed by atoms with Crippen molar-refractivity contribution < 1.29 is 4.74 Å². The normalized spacial score (nSPS) is 11.7. The van der Waals surface area contributed by atoms with E-state index in [0.717, 1.165) is 17.7 Å². The van der Waals surface area contributed by atoms with Gasteiger partial charge in [-0.3, -0.25) is 4.98 Å². The Morgan fingerprint density at radius 2 is 2.15 bits per heavy atom. The molecule has 0 fully saturated rings. The van der Waals surface area contributed by atoms with E-state index in [0.29, 0.717) is 17.1 Å². The number of aromatic nitrogens is 1. The number of nitriles is 1. The van der Waals surface area contributed by atoms with Crippen molar-refractivity contribution in [3.63, 3.8) is 0 Å². The molecule has 0 aliphatic carbocycles. The van der Waals surface area contributed by atoms with Crippen molar-refractivity contribution in [2.45, 2.75) is 26.3 Å². The summed E-state index contributed by atoms with van der Waals surface area (Å²) in [7, 11) is 0. The first-order valence-electron chi connectivity index (χ1n) is 6.54. The minimum absolute atomic E-state index is 0.0484. The molecule has 0 saturated heterocycles. The van der Waals surface area contributed by atoms with Crippen LogP contribution in [0.2, 0.25) is 0 Å². The monoisotopic (exact) mass is 267 g/mol. The molecule has 1 heterocycles. The third-order valence-corrected chi connectivity index (χ3v) is 3.12. The number of ether oxygens (including phenoxy) is 1. The molecule has 0 radical (unpaired) electrons. The SMILES string of the molecule is CC[C@H](N)c1ccc(Oc2cc(C#N)ccc2C)cn1. The summed E-state index contributed by atoms with van der Waals surface area (Å²) in [4.78, 5) is 4.30. The topological polar surface area (TPSA) is 71.9 Å². The average molecular weight is 267 g/mol. The quantitative estimate of drug-likeness (QED) is 0.920. The molecule has 0 spiro atoms. The summed E-state index contributed by atoms with van der Waals surface area (Å²) in [5.41, 5.74) is 8.31. The van der Waals surface area contributed by atoms with Gasteiger partial charge in [0.25, 0.3) is 0 Å². The van der Waals surface area contributed by atoms with Crippen LogP contribution in [0, 0.1) is 18.3 Å². The van der Waals surface area contributed by atoms with Gasteiger partial charge in [0.2, 0.25) is 0 Å². The molecule has 0 saturated carbocycles. The van der Waals surface area contributed by atoms with E-state index < -0.39 is 0 Å². The number of benzene rings is 1. The van der Waals surface area contributed by atoms with Gasteiger partial charge in [0.15, 0.2) is 0 Å². The van der Waals surface area contributed by atoms with E-state index in [9.17, 15) is 0 Å². The maximum absolute atomic E-state index is 8.91. The number of aryl methyl sites for hydroxylation is 1. The summed E-state index contributed by atoms with van der Waals surface area (Å²) in [6.07, 6.45) is 2.50. The lowest BCUT2D eigenvalue weighted by Crippen LogP contribution is -2.10. The molecule has 2 rings (SSSR count). The van der Waals surface area contributed by atoms with E-state index in [1.165, 1.54) is 0 Å². The van der Waals surface area contributed by atoms with Crippen molar-refractivity contribution in [3.8, 4) is 17.6 Å². The van der Waals surface area contributed by atoms with Crippen LogP contribution in [0.15, 0.2) is 36.5 Å². The van der Waals surface area contributed by atoms with Crippen LogP contribution in [-0.4, -0.2) is 4.98 Å². The van der Waals surface area contributed by atoms with Crippen LogP contribution >= 0.6 is 0 Å². The zero-order valence-electron chi connectivity index (χ0n) is 11.6. The van der Waals surface area contributed by atoms with Crippen molar-refractivity contribution in [1.29, 1.82) is 5.26 Å². The molecule has 0 unspecified atom stereocenters. The van der Waals surface area contributed by atoms with Crippen molar-refractivity contribution in [2.24, 2.45) is 5.73 Å². The first-order chi connectivity index (χ1) is 9.63. The van der Waals surface area contributed by atoms with Gasteiger partial charge >= 0.3 is 0 Å². The number of pyridine rings is 1. The van der Waals surface area contributed by atoms with Gasteiger partial charge in [0.1, 0.15) is 11.5 Å². The van der Waals surface area contributed by atoms with Gasteiger partial charge in [-0.1, -0.05) is 13.0 Å². The number of hydrogen-bond donors (Lipinski definition) is 1. The number of rotatable bonds is 4. The molecule has 0 aliphatic rings. The molecule has 20 heavy (non-hydrogen) atoms. The predicted molar refractivity (Wildman–Crippen MR) is 77.4 cm³/mol. The van der Waals surface area contributed by atoms with E-state index in [2.05, 4.69) is 11.1 Å². The number of nitrogens with two attached hydrogens (primary N) is 1. The fourth-order valence-corrected chi connectivity index (χ4v) is 1.79. The Balaban J connectivity index is 2.20. The summed E-state index contributed by atoms with van der Waals surface area (Å²) >= 11 is 0.